The van der Waals surface area contributed by atoms with Gasteiger partial charge in [-0.3, -0.25) is 0 Å². The quantitative estimate of drug-likeness (QED) is 0.344. The fraction of sp³-hybridized carbons (Fsp3) is 0.667. The third-order valence-electron chi connectivity index (χ3n) is 1.60. The molecule has 1 fully saturated rings. The number of rotatable bonds is 0. The van der Waals surface area contributed by atoms with Crippen LogP contribution < -0.4 is 0 Å². The summed E-state index contributed by atoms with van der Waals surface area (Å²) in [6, 6.07) is 0. The minimum atomic E-state index is 0.281. The maximum atomic E-state index is 4.78. The average molecular weight is 112 g/mol. The Kier molecular flexibility index (Phi) is 0.889. The number of fused-ring (bicyclic) bond motifs is 1. The number of allylic oxidation sites excluding steroid dienone is 1. The van der Waals surface area contributed by atoms with Crippen molar-refractivity contribution < 1.29 is 9.78 Å². The molecular formula is C6H8O2. The summed E-state index contributed by atoms with van der Waals surface area (Å²) < 4.78 is 0. The third-order valence-corrected chi connectivity index (χ3v) is 1.60. The van der Waals surface area contributed by atoms with Crippen molar-refractivity contribution in [3.63, 3.8) is 0 Å². The minimum Gasteiger partial charge on any atom is -0.229 e. The summed E-state index contributed by atoms with van der Waals surface area (Å²) >= 11 is 0. The summed E-state index contributed by atoms with van der Waals surface area (Å²) in [5.74, 6) is 0. The molecule has 2 aliphatic rings. The Hall–Kier alpha value is -0.340. The molecule has 1 aliphatic heterocycles. The standard InChI is InChI=1S/C6H8O2/c1-2-4-6-5(3-1)7-8-6/h1,3,5-6H,2,4H2. The second-order valence-electron chi connectivity index (χ2n) is 2.20. The Bertz CT molecular complexity index is 120. The maximum absolute atomic E-state index is 4.78. The molecule has 0 aromatic rings. The molecule has 0 saturated carbocycles. The summed E-state index contributed by atoms with van der Waals surface area (Å²) in [4.78, 5) is 9.53. The van der Waals surface area contributed by atoms with Crippen LogP contribution in [0.3, 0.4) is 0 Å². The first kappa shape index (κ1) is 4.53. The lowest BCUT2D eigenvalue weighted by molar-refractivity contribution is -0.453. The molecule has 0 N–H and O–H groups in total. The molecule has 2 atom stereocenters. The van der Waals surface area contributed by atoms with Crippen LogP contribution in [0.2, 0.25) is 0 Å². The van der Waals surface area contributed by atoms with Crippen LogP contribution >= 0.6 is 0 Å². The largest absolute Gasteiger partial charge is 0.229 e. The summed E-state index contributed by atoms with van der Waals surface area (Å²) in [6.45, 7) is 0. The lowest BCUT2D eigenvalue weighted by Crippen LogP contribution is -2.42. The zero-order valence-corrected chi connectivity index (χ0v) is 4.54. The fourth-order valence-electron chi connectivity index (χ4n) is 1.06. The van der Waals surface area contributed by atoms with E-state index in [0.29, 0.717) is 6.10 Å². The van der Waals surface area contributed by atoms with Gasteiger partial charge in [0.05, 0.1) is 0 Å². The maximum Gasteiger partial charge on any atom is 0.140 e. The van der Waals surface area contributed by atoms with Crippen LogP contribution in [0.4, 0.5) is 0 Å². The van der Waals surface area contributed by atoms with Gasteiger partial charge in [-0.2, -0.15) is 0 Å². The van der Waals surface area contributed by atoms with Crippen LogP contribution in [0.25, 0.3) is 0 Å². The van der Waals surface area contributed by atoms with E-state index in [-0.39, 0.29) is 6.10 Å². The van der Waals surface area contributed by atoms with Crippen molar-refractivity contribution in [2.45, 2.75) is 25.0 Å². The van der Waals surface area contributed by atoms with Gasteiger partial charge in [-0.15, -0.1) is 0 Å². The molecule has 2 nitrogen and oxygen atoms in total. The van der Waals surface area contributed by atoms with E-state index < -0.39 is 0 Å². The van der Waals surface area contributed by atoms with Gasteiger partial charge in [0.15, 0.2) is 0 Å². The zero-order valence-electron chi connectivity index (χ0n) is 4.54. The molecule has 2 rings (SSSR count). The Labute approximate surface area is 48.0 Å². The van der Waals surface area contributed by atoms with Crippen LogP contribution in [-0.4, -0.2) is 12.2 Å². The van der Waals surface area contributed by atoms with Gasteiger partial charge >= 0.3 is 0 Å². The molecule has 0 bridgehead atoms. The van der Waals surface area contributed by atoms with Crippen LogP contribution in [0.15, 0.2) is 12.2 Å². The van der Waals surface area contributed by atoms with Crippen molar-refractivity contribution in [1.29, 1.82) is 0 Å². The van der Waals surface area contributed by atoms with Crippen LogP contribution in [0.5, 0.6) is 0 Å². The molecule has 0 spiro atoms. The number of hydrogen-bond donors (Lipinski definition) is 0. The molecule has 0 radical (unpaired) electrons. The molecule has 0 aromatic carbocycles. The van der Waals surface area contributed by atoms with Gasteiger partial charge in [0.25, 0.3) is 0 Å². The Balaban J connectivity index is 2.08. The normalized spacial score (nSPS) is 43.0. The summed E-state index contributed by atoms with van der Waals surface area (Å²) in [6.07, 6.45) is 7.14. The Morgan fingerprint density at radius 2 is 2.38 bits per heavy atom. The SMILES string of the molecule is C1=CC2OOC2CC1. The Morgan fingerprint density at radius 3 is 2.75 bits per heavy atom. The van der Waals surface area contributed by atoms with Crippen LogP contribution in [0, 0.1) is 0 Å². The average Bonchev–Trinajstić information content (AvgIpc) is 1.72. The van der Waals surface area contributed by atoms with Gasteiger partial charge in [-0.25, -0.2) is 9.78 Å². The monoisotopic (exact) mass is 112 g/mol. The first-order valence-corrected chi connectivity index (χ1v) is 2.95. The fourth-order valence-corrected chi connectivity index (χ4v) is 1.06. The van der Waals surface area contributed by atoms with E-state index in [1.165, 1.54) is 0 Å². The second kappa shape index (κ2) is 1.57. The van der Waals surface area contributed by atoms with E-state index in [1.54, 1.807) is 0 Å². The molecule has 2 unspecified atom stereocenters. The molecular weight excluding hydrogens is 104 g/mol. The molecule has 8 heavy (non-hydrogen) atoms. The molecule has 2 heteroatoms. The van der Waals surface area contributed by atoms with Crippen molar-refractivity contribution in [3.05, 3.63) is 12.2 Å². The van der Waals surface area contributed by atoms with E-state index in [1.807, 2.05) is 0 Å². The van der Waals surface area contributed by atoms with Gasteiger partial charge in [0.1, 0.15) is 12.2 Å². The molecule has 1 saturated heterocycles. The molecule has 0 amide bonds. The van der Waals surface area contributed by atoms with Crippen molar-refractivity contribution in [1.82, 2.24) is 0 Å². The molecule has 1 aliphatic carbocycles. The summed E-state index contributed by atoms with van der Waals surface area (Å²) in [5, 5.41) is 0. The van der Waals surface area contributed by atoms with Gasteiger partial charge in [-0.05, 0) is 12.8 Å². The number of hydrogen-bond acceptors (Lipinski definition) is 2. The van der Waals surface area contributed by atoms with Crippen molar-refractivity contribution in [3.8, 4) is 0 Å². The lowest BCUT2D eigenvalue weighted by atomic mass is 10.0. The Morgan fingerprint density at radius 1 is 1.38 bits per heavy atom. The van der Waals surface area contributed by atoms with Crippen LogP contribution in [-0.2, 0) is 9.78 Å². The predicted octanol–water partition coefficient (Wildman–Crippen LogP) is 1.04. The predicted molar refractivity (Wildman–Crippen MR) is 28.1 cm³/mol. The van der Waals surface area contributed by atoms with Crippen LogP contribution in [0.1, 0.15) is 12.8 Å². The van der Waals surface area contributed by atoms with Gasteiger partial charge in [-0.1, -0.05) is 12.2 Å². The topological polar surface area (TPSA) is 18.5 Å². The van der Waals surface area contributed by atoms with E-state index in [0.717, 1.165) is 12.8 Å². The highest BCUT2D eigenvalue weighted by atomic mass is 17.2. The zero-order chi connectivity index (χ0) is 5.40. The lowest BCUT2D eigenvalue weighted by Gasteiger charge is -2.34. The summed E-state index contributed by atoms with van der Waals surface area (Å²) in [7, 11) is 0. The highest BCUT2D eigenvalue weighted by Gasteiger charge is 2.33. The van der Waals surface area contributed by atoms with Gasteiger partial charge in [0.2, 0.25) is 0 Å². The van der Waals surface area contributed by atoms with Gasteiger partial charge < -0.3 is 0 Å². The van der Waals surface area contributed by atoms with E-state index >= 15 is 0 Å². The van der Waals surface area contributed by atoms with Crippen molar-refractivity contribution in [2.24, 2.45) is 0 Å². The van der Waals surface area contributed by atoms with Crippen molar-refractivity contribution in [2.75, 3.05) is 0 Å². The highest BCUT2D eigenvalue weighted by Crippen LogP contribution is 2.26. The highest BCUT2D eigenvalue weighted by molar-refractivity contribution is 5.00. The summed E-state index contributed by atoms with van der Waals surface area (Å²) in [5.41, 5.74) is 0. The van der Waals surface area contributed by atoms with E-state index in [2.05, 4.69) is 12.2 Å². The molecule has 44 valence electrons. The molecule has 0 aromatic heterocycles. The van der Waals surface area contributed by atoms with E-state index in [4.69, 9.17) is 9.78 Å². The van der Waals surface area contributed by atoms with Crippen molar-refractivity contribution >= 4 is 0 Å². The first-order valence-electron chi connectivity index (χ1n) is 2.95. The first-order chi connectivity index (χ1) is 3.97. The molecule has 1 heterocycles. The minimum absolute atomic E-state index is 0.281. The van der Waals surface area contributed by atoms with Gasteiger partial charge in [0, 0.05) is 0 Å². The second-order valence-corrected chi connectivity index (χ2v) is 2.20. The smallest absolute Gasteiger partial charge is 0.140 e. The van der Waals surface area contributed by atoms with E-state index in [9.17, 15) is 0 Å². The third kappa shape index (κ3) is 0.501.